The Balaban J connectivity index is 2.14. The topological polar surface area (TPSA) is 87.0 Å². The number of nitrogens with two attached hydrogens (primary N) is 2. The van der Waals surface area contributed by atoms with E-state index in [1.54, 1.807) is 0 Å². The molecule has 0 radical (unpaired) electrons. The maximum atomic E-state index is 6.01. The molecule has 0 bridgehead atoms. The van der Waals surface area contributed by atoms with Gasteiger partial charge in [0.15, 0.2) is 11.6 Å². The van der Waals surface area contributed by atoms with Gasteiger partial charge in [0, 0.05) is 0 Å². The molecule has 4 N–H and O–H groups in total. The van der Waals surface area contributed by atoms with Crippen molar-refractivity contribution in [3.8, 4) is 11.5 Å². The fraction of sp³-hybridized carbons (Fsp3) is 0.222. The van der Waals surface area contributed by atoms with Gasteiger partial charge in [0.1, 0.15) is 5.75 Å². The number of aryl methyl sites for hydroxylation is 1. The number of benzene rings is 2. The molecule has 1 aromatic heterocycles. The molecule has 118 valence electrons. The van der Waals surface area contributed by atoms with Gasteiger partial charge in [0.05, 0.1) is 6.20 Å². The highest BCUT2D eigenvalue weighted by Gasteiger charge is 2.14. The lowest BCUT2D eigenvalue weighted by Gasteiger charge is -2.16. The minimum atomic E-state index is 0.133. The van der Waals surface area contributed by atoms with Crippen LogP contribution in [0.15, 0.2) is 36.5 Å². The summed E-state index contributed by atoms with van der Waals surface area (Å²) in [5, 5.41) is 2.35. The number of rotatable bonds is 3. The summed E-state index contributed by atoms with van der Waals surface area (Å²) in [6.07, 6.45) is 1.50. The van der Waals surface area contributed by atoms with Crippen LogP contribution in [0.2, 0.25) is 0 Å². The quantitative estimate of drug-likeness (QED) is 0.763. The molecule has 5 heteroatoms. The molecule has 0 saturated carbocycles. The van der Waals surface area contributed by atoms with E-state index in [0.717, 1.165) is 16.7 Å². The van der Waals surface area contributed by atoms with Gasteiger partial charge in [-0.3, -0.25) is 0 Å². The Bertz CT molecular complexity index is 874. The van der Waals surface area contributed by atoms with Crippen LogP contribution in [0.4, 0.5) is 11.8 Å². The van der Waals surface area contributed by atoms with E-state index in [0.29, 0.717) is 11.7 Å². The summed E-state index contributed by atoms with van der Waals surface area (Å²) in [7, 11) is 0. The van der Waals surface area contributed by atoms with Crippen molar-refractivity contribution in [2.75, 3.05) is 11.5 Å². The lowest BCUT2D eigenvalue weighted by atomic mass is 9.96. The molecule has 2 aromatic carbocycles. The lowest BCUT2D eigenvalue weighted by molar-refractivity contribution is 0.472. The van der Waals surface area contributed by atoms with Gasteiger partial charge in [-0.15, -0.1) is 0 Å². The number of nitrogens with zero attached hydrogens (tertiary/aromatic N) is 2. The summed E-state index contributed by atoms with van der Waals surface area (Å²) in [6, 6.07) is 10.5. The average molecular weight is 308 g/mol. The number of fused-ring (bicyclic) bond motifs is 1. The normalized spacial score (nSPS) is 11.1. The Morgan fingerprint density at radius 1 is 1.09 bits per heavy atom. The second-order valence-corrected chi connectivity index (χ2v) is 5.92. The Kier molecular flexibility index (Phi) is 3.78. The van der Waals surface area contributed by atoms with Crippen LogP contribution in [0, 0.1) is 6.92 Å². The Morgan fingerprint density at radius 3 is 2.57 bits per heavy atom. The average Bonchev–Trinajstić information content (AvgIpc) is 2.50. The number of ether oxygens (including phenoxy) is 1. The largest absolute Gasteiger partial charge is 0.452 e. The molecule has 0 spiro atoms. The molecule has 0 saturated heterocycles. The summed E-state index contributed by atoms with van der Waals surface area (Å²) < 4.78 is 6.01. The zero-order valence-corrected chi connectivity index (χ0v) is 13.5. The predicted octanol–water partition coefficient (Wildman–Crippen LogP) is 4.02. The summed E-state index contributed by atoms with van der Waals surface area (Å²) in [6.45, 7) is 6.35. The number of hydrogen-bond acceptors (Lipinski definition) is 5. The molecule has 3 rings (SSSR count). The highest BCUT2D eigenvalue weighted by atomic mass is 16.5. The van der Waals surface area contributed by atoms with Gasteiger partial charge in [0.2, 0.25) is 5.95 Å². The van der Waals surface area contributed by atoms with Gasteiger partial charge in [-0.2, -0.15) is 4.98 Å². The zero-order valence-electron chi connectivity index (χ0n) is 13.5. The van der Waals surface area contributed by atoms with Crippen LogP contribution in [0.25, 0.3) is 10.8 Å². The van der Waals surface area contributed by atoms with Crippen molar-refractivity contribution in [3.05, 3.63) is 47.7 Å². The van der Waals surface area contributed by atoms with E-state index in [9.17, 15) is 0 Å². The van der Waals surface area contributed by atoms with Crippen molar-refractivity contribution in [1.82, 2.24) is 9.97 Å². The van der Waals surface area contributed by atoms with E-state index in [4.69, 9.17) is 16.2 Å². The van der Waals surface area contributed by atoms with Crippen LogP contribution in [0.5, 0.6) is 11.5 Å². The Labute approximate surface area is 135 Å². The number of hydrogen-bond donors (Lipinski definition) is 2. The van der Waals surface area contributed by atoms with Gasteiger partial charge in [-0.25, -0.2) is 4.98 Å². The van der Waals surface area contributed by atoms with E-state index in [1.807, 2.05) is 0 Å². The second-order valence-electron chi connectivity index (χ2n) is 5.92. The van der Waals surface area contributed by atoms with Crippen LogP contribution in [0.3, 0.4) is 0 Å². The molecule has 0 atom stereocenters. The molecule has 0 fully saturated rings. The first-order valence-electron chi connectivity index (χ1n) is 7.55. The molecular formula is C18H20N4O. The third kappa shape index (κ3) is 2.90. The minimum absolute atomic E-state index is 0.133. The van der Waals surface area contributed by atoms with Crippen molar-refractivity contribution >= 4 is 22.5 Å². The predicted molar refractivity (Wildman–Crippen MR) is 93.7 cm³/mol. The lowest BCUT2D eigenvalue weighted by Crippen LogP contribution is -2.02. The molecule has 5 nitrogen and oxygen atoms in total. The highest BCUT2D eigenvalue weighted by molar-refractivity contribution is 5.88. The van der Waals surface area contributed by atoms with Gasteiger partial charge in [0.25, 0.3) is 0 Å². The molecule has 0 aliphatic carbocycles. The first-order chi connectivity index (χ1) is 11.0. The fourth-order valence-electron chi connectivity index (χ4n) is 2.61. The first-order valence-corrected chi connectivity index (χ1v) is 7.55. The molecule has 0 amide bonds. The van der Waals surface area contributed by atoms with Gasteiger partial charge >= 0.3 is 0 Å². The van der Waals surface area contributed by atoms with Crippen molar-refractivity contribution in [3.63, 3.8) is 0 Å². The third-order valence-electron chi connectivity index (χ3n) is 3.87. The summed E-state index contributed by atoms with van der Waals surface area (Å²) in [5.74, 6) is 1.85. The van der Waals surface area contributed by atoms with Crippen LogP contribution in [-0.2, 0) is 0 Å². The number of anilines is 2. The maximum Gasteiger partial charge on any atom is 0.222 e. The van der Waals surface area contributed by atoms with Crippen molar-refractivity contribution in [2.45, 2.75) is 26.7 Å². The number of aromatic nitrogens is 2. The monoisotopic (exact) mass is 308 g/mol. The molecule has 23 heavy (non-hydrogen) atoms. The molecule has 1 heterocycles. The van der Waals surface area contributed by atoms with Crippen LogP contribution < -0.4 is 16.2 Å². The first kappa shape index (κ1) is 15.1. The summed E-state index contributed by atoms with van der Waals surface area (Å²) in [4.78, 5) is 7.90. The Hall–Kier alpha value is -2.82. The molecule has 0 unspecified atom stereocenters. The van der Waals surface area contributed by atoms with E-state index in [1.165, 1.54) is 17.1 Å². The van der Waals surface area contributed by atoms with Crippen molar-refractivity contribution < 1.29 is 4.74 Å². The third-order valence-corrected chi connectivity index (χ3v) is 3.87. The zero-order chi connectivity index (χ0) is 16.6. The highest BCUT2D eigenvalue weighted by Crippen LogP contribution is 2.36. The van der Waals surface area contributed by atoms with Crippen LogP contribution in [-0.4, -0.2) is 9.97 Å². The van der Waals surface area contributed by atoms with Crippen molar-refractivity contribution in [2.24, 2.45) is 0 Å². The Morgan fingerprint density at radius 2 is 1.87 bits per heavy atom. The minimum Gasteiger partial charge on any atom is -0.452 e. The standard InChI is InChI=1S/C18H20N4O/c1-10(2)13-7-12-6-4-5-11(3)14(12)8-15(13)23-16-9-21-18(20)22-17(16)19/h4-10H,1-3H3,(H4,19,20,21,22). The summed E-state index contributed by atoms with van der Waals surface area (Å²) in [5.41, 5.74) is 13.7. The van der Waals surface area contributed by atoms with E-state index in [2.05, 4.69) is 61.1 Å². The second kappa shape index (κ2) is 5.76. The smallest absolute Gasteiger partial charge is 0.222 e. The maximum absolute atomic E-state index is 6.01. The molecule has 0 aliphatic heterocycles. The van der Waals surface area contributed by atoms with Crippen LogP contribution in [0.1, 0.15) is 30.9 Å². The molecular weight excluding hydrogens is 288 g/mol. The van der Waals surface area contributed by atoms with Gasteiger partial charge in [-0.1, -0.05) is 32.0 Å². The summed E-state index contributed by atoms with van der Waals surface area (Å²) >= 11 is 0. The van der Waals surface area contributed by atoms with Gasteiger partial charge < -0.3 is 16.2 Å². The SMILES string of the molecule is Cc1cccc2cc(C(C)C)c(Oc3cnc(N)nc3N)cc12. The number of nitrogen functional groups attached to an aromatic ring is 2. The van der Waals surface area contributed by atoms with Crippen molar-refractivity contribution in [1.29, 1.82) is 0 Å². The van der Waals surface area contributed by atoms with Gasteiger partial charge in [-0.05, 0) is 46.9 Å². The fourth-order valence-corrected chi connectivity index (χ4v) is 2.61. The van der Waals surface area contributed by atoms with E-state index in [-0.39, 0.29) is 11.8 Å². The van der Waals surface area contributed by atoms with E-state index >= 15 is 0 Å². The molecule has 0 aliphatic rings. The van der Waals surface area contributed by atoms with Crippen LogP contribution >= 0.6 is 0 Å². The van der Waals surface area contributed by atoms with E-state index < -0.39 is 0 Å². The molecule has 3 aromatic rings.